The van der Waals surface area contributed by atoms with Gasteiger partial charge in [0.15, 0.2) is 5.69 Å². The highest BCUT2D eigenvalue weighted by atomic mass is 16.5. The van der Waals surface area contributed by atoms with Crippen LogP contribution in [0.2, 0.25) is 0 Å². The molecule has 1 aromatic heterocycles. The first-order valence-corrected chi connectivity index (χ1v) is 6.63. The van der Waals surface area contributed by atoms with Gasteiger partial charge in [0.05, 0.1) is 12.6 Å². The molecule has 1 amide bonds. The molecule has 2 rings (SSSR count). The van der Waals surface area contributed by atoms with Crippen LogP contribution in [0, 0.1) is 18.8 Å². The van der Waals surface area contributed by atoms with Crippen molar-refractivity contribution in [3.8, 4) is 11.8 Å². The molecule has 21 heavy (non-hydrogen) atoms. The first kappa shape index (κ1) is 14.8. The number of carbonyl (C=O) groups excluding carboxylic acids is 1. The zero-order chi connectivity index (χ0) is 15.2. The second-order valence-electron chi connectivity index (χ2n) is 4.65. The third-order valence-electron chi connectivity index (χ3n) is 2.95. The van der Waals surface area contributed by atoms with Gasteiger partial charge < -0.3 is 15.6 Å². The number of nitrogens with one attached hydrogen (secondary N) is 1. The van der Waals surface area contributed by atoms with E-state index >= 15 is 0 Å². The largest absolute Gasteiger partial charge is 0.361 e. The molecular weight excluding hydrogens is 266 g/mol. The Labute approximate surface area is 123 Å². The number of rotatable bonds is 3. The van der Waals surface area contributed by atoms with Gasteiger partial charge in [0.1, 0.15) is 5.76 Å². The van der Waals surface area contributed by atoms with Crippen molar-refractivity contribution in [1.82, 2.24) is 10.5 Å². The van der Waals surface area contributed by atoms with Gasteiger partial charge in [-0.1, -0.05) is 29.1 Å². The third-order valence-corrected chi connectivity index (χ3v) is 2.95. The molecule has 1 unspecified atom stereocenters. The highest BCUT2D eigenvalue weighted by molar-refractivity contribution is 5.92. The topological polar surface area (TPSA) is 81.2 Å². The molecule has 5 heteroatoms. The molecule has 1 aromatic carbocycles. The average Bonchev–Trinajstić information content (AvgIpc) is 2.92. The summed E-state index contributed by atoms with van der Waals surface area (Å²) in [6.07, 6.45) is 0. The molecule has 1 atom stereocenters. The highest BCUT2D eigenvalue weighted by Crippen LogP contribution is 2.14. The predicted molar refractivity (Wildman–Crippen MR) is 79.5 cm³/mol. The van der Waals surface area contributed by atoms with Crippen molar-refractivity contribution in [2.75, 3.05) is 6.54 Å². The summed E-state index contributed by atoms with van der Waals surface area (Å²) in [5.41, 5.74) is 7.50. The van der Waals surface area contributed by atoms with Crippen molar-refractivity contribution >= 4 is 5.91 Å². The van der Waals surface area contributed by atoms with Crippen molar-refractivity contribution in [3.05, 3.63) is 52.9 Å². The van der Waals surface area contributed by atoms with Gasteiger partial charge >= 0.3 is 0 Å². The smallest absolute Gasteiger partial charge is 0.273 e. The van der Waals surface area contributed by atoms with Crippen LogP contribution in [0.4, 0.5) is 0 Å². The summed E-state index contributed by atoms with van der Waals surface area (Å²) >= 11 is 0. The quantitative estimate of drug-likeness (QED) is 0.841. The van der Waals surface area contributed by atoms with Crippen LogP contribution >= 0.6 is 0 Å². The number of aromatic nitrogens is 1. The maximum absolute atomic E-state index is 12.0. The van der Waals surface area contributed by atoms with E-state index in [1.807, 2.05) is 31.2 Å². The molecule has 5 nitrogen and oxygen atoms in total. The first-order chi connectivity index (χ1) is 10.1. The molecular formula is C16H17N3O2. The number of hydrogen-bond donors (Lipinski definition) is 2. The van der Waals surface area contributed by atoms with E-state index in [1.54, 1.807) is 13.0 Å². The van der Waals surface area contributed by atoms with E-state index in [2.05, 4.69) is 22.3 Å². The lowest BCUT2D eigenvalue weighted by molar-refractivity contribution is 0.0930. The molecule has 2 aromatic rings. The third kappa shape index (κ3) is 3.94. The molecule has 0 aliphatic rings. The van der Waals surface area contributed by atoms with Crippen LogP contribution in [0.15, 0.2) is 34.9 Å². The summed E-state index contributed by atoms with van der Waals surface area (Å²) in [6, 6.07) is 9.14. The summed E-state index contributed by atoms with van der Waals surface area (Å²) in [5, 5.41) is 6.56. The minimum atomic E-state index is -0.258. The fourth-order valence-corrected chi connectivity index (χ4v) is 1.84. The van der Waals surface area contributed by atoms with E-state index < -0.39 is 0 Å². The van der Waals surface area contributed by atoms with E-state index in [1.165, 1.54) is 0 Å². The van der Waals surface area contributed by atoms with E-state index in [-0.39, 0.29) is 17.6 Å². The number of benzene rings is 1. The number of amides is 1. The van der Waals surface area contributed by atoms with Crippen LogP contribution in [0.3, 0.4) is 0 Å². The number of nitrogens with zero attached hydrogens (tertiary/aromatic N) is 1. The Balaban J connectivity index is 2.03. The lowest BCUT2D eigenvalue weighted by Gasteiger charge is -2.13. The summed E-state index contributed by atoms with van der Waals surface area (Å²) < 4.78 is 4.89. The van der Waals surface area contributed by atoms with E-state index in [4.69, 9.17) is 10.3 Å². The van der Waals surface area contributed by atoms with Gasteiger partial charge in [0.25, 0.3) is 5.91 Å². The standard InChI is InChI=1S/C16H17N3O2/c1-11-10-15(19-21-11)16(20)18-12(2)14-7-5-13(6-8-14)4-3-9-17/h5-8,10,12H,9,17H2,1-2H3,(H,18,20). The molecule has 0 fully saturated rings. The minimum Gasteiger partial charge on any atom is -0.361 e. The van der Waals surface area contributed by atoms with Gasteiger partial charge in [-0.2, -0.15) is 0 Å². The van der Waals surface area contributed by atoms with Gasteiger partial charge in [0, 0.05) is 11.6 Å². The average molecular weight is 283 g/mol. The zero-order valence-electron chi connectivity index (χ0n) is 12.0. The Hall–Kier alpha value is -2.58. The van der Waals surface area contributed by atoms with Gasteiger partial charge in [-0.25, -0.2) is 0 Å². The maximum atomic E-state index is 12.0. The van der Waals surface area contributed by atoms with Crippen LogP contribution in [-0.2, 0) is 0 Å². The normalized spacial score (nSPS) is 11.4. The Bertz CT molecular complexity index is 678. The van der Waals surface area contributed by atoms with Crippen LogP contribution in [0.25, 0.3) is 0 Å². The van der Waals surface area contributed by atoms with Crippen LogP contribution in [-0.4, -0.2) is 17.6 Å². The molecule has 0 radical (unpaired) electrons. The molecule has 0 saturated carbocycles. The van der Waals surface area contributed by atoms with Crippen molar-refractivity contribution in [2.24, 2.45) is 5.73 Å². The maximum Gasteiger partial charge on any atom is 0.273 e. The second-order valence-corrected chi connectivity index (χ2v) is 4.65. The Morgan fingerprint density at radius 1 is 1.43 bits per heavy atom. The van der Waals surface area contributed by atoms with Crippen molar-refractivity contribution in [2.45, 2.75) is 19.9 Å². The first-order valence-electron chi connectivity index (χ1n) is 6.63. The molecule has 1 heterocycles. The van der Waals surface area contributed by atoms with Crippen molar-refractivity contribution < 1.29 is 9.32 Å². The lowest BCUT2D eigenvalue weighted by Crippen LogP contribution is -2.26. The van der Waals surface area contributed by atoms with Crippen molar-refractivity contribution in [1.29, 1.82) is 0 Å². The highest BCUT2D eigenvalue weighted by Gasteiger charge is 2.14. The summed E-state index contributed by atoms with van der Waals surface area (Å²) in [5.74, 6) is 6.10. The minimum absolute atomic E-state index is 0.133. The fraction of sp³-hybridized carbons (Fsp3) is 0.250. The van der Waals surface area contributed by atoms with Crippen LogP contribution in [0.1, 0.15) is 40.3 Å². The number of hydrogen-bond acceptors (Lipinski definition) is 4. The molecule has 0 bridgehead atoms. The monoisotopic (exact) mass is 283 g/mol. The molecule has 0 aliphatic heterocycles. The summed E-state index contributed by atoms with van der Waals surface area (Å²) in [4.78, 5) is 12.0. The van der Waals surface area contributed by atoms with Crippen LogP contribution < -0.4 is 11.1 Å². The number of carbonyl (C=O) groups is 1. The molecule has 0 aliphatic carbocycles. The summed E-state index contributed by atoms with van der Waals surface area (Å²) in [6.45, 7) is 3.99. The van der Waals surface area contributed by atoms with E-state index in [9.17, 15) is 4.79 Å². The number of nitrogens with two attached hydrogens (primary N) is 1. The SMILES string of the molecule is Cc1cc(C(=O)NC(C)c2ccc(C#CCN)cc2)no1. The van der Waals surface area contributed by atoms with E-state index in [0.29, 0.717) is 12.3 Å². The zero-order valence-corrected chi connectivity index (χ0v) is 12.0. The Morgan fingerprint density at radius 3 is 2.71 bits per heavy atom. The van der Waals surface area contributed by atoms with Gasteiger partial charge in [-0.05, 0) is 31.5 Å². The number of aryl methyl sites for hydroxylation is 1. The Kier molecular flexibility index (Phi) is 4.75. The summed E-state index contributed by atoms with van der Waals surface area (Å²) in [7, 11) is 0. The molecule has 0 saturated heterocycles. The second kappa shape index (κ2) is 6.73. The molecule has 3 N–H and O–H groups in total. The lowest BCUT2D eigenvalue weighted by atomic mass is 10.1. The van der Waals surface area contributed by atoms with Crippen molar-refractivity contribution in [3.63, 3.8) is 0 Å². The van der Waals surface area contributed by atoms with Gasteiger partial charge in [-0.15, -0.1) is 0 Å². The predicted octanol–water partition coefficient (Wildman–Crippen LogP) is 1.78. The van der Waals surface area contributed by atoms with Gasteiger partial charge in [0.2, 0.25) is 0 Å². The Morgan fingerprint density at radius 2 is 2.14 bits per heavy atom. The van der Waals surface area contributed by atoms with E-state index in [0.717, 1.165) is 11.1 Å². The fourth-order valence-electron chi connectivity index (χ4n) is 1.84. The molecule has 0 spiro atoms. The molecule has 108 valence electrons. The van der Waals surface area contributed by atoms with Crippen LogP contribution in [0.5, 0.6) is 0 Å². The van der Waals surface area contributed by atoms with Gasteiger partial charge in [-0.3, -0.25) is 4.79 Å².